The second-order valence-electron chi connectivity index (χ2n) is 3.22. The Balaban J connectivity index is 2.31. The zero-order valence-electron chi connectivity index (χ0n) is 8.58. The molecule has 0 unspecified atom stereocenters. The molecule has 0 aromatic carbocycles. The van der Waals surface area contributed by atoms with Gasteiger partial charge in [-0.15, -0.1) is 0 Å². The Bertz CT molecular complexity index is 230. The molecule has 0 bridgehead atoms. The lowest BCUT2D eigenvalue weighted by Gasteiger charge is -1.98. The molecule has 0 spiro atoms. The summed E-state index contributed by atoms with van der Waals surface area (Å²) in [6, 6.07) is 0. The first kappa shape index (κ1) is 10.3. The van der Waals surface area contributed by atoms with Crippen molar-refractivity contribution < 1.29 is 0 Å². The standard InChI is InChI=1S/C10H19N3/c1-3-7-13-9-10(8-12-13)5-6-11-4-2/h8-9,11H,3-7H2,1-2H3. The molecule has 74 valence electrons. The van der Waals surface area contributed by atoms with Crippen molar-refractivity contribution in [3.63, 3.8) is 0 Å². The molecular formula is C10H19N3. The van der Waals surface area contributed by atoms with Gasteiger partial charge in [-0.3, -0.25) is 4.68 Å². The van der Waals surface area contributed by atoms with Crippen molar-refractivity contribution >= 4 is 0 Å². The highest BCUT2D eigenvalue weighted by Gasteiger charge is 1.96. The third-order valence-electron chi connectivity index (χ3n) is 1.98. The Hall–Kier alpha value is -0.830. The highest BCUT2D eigenvalue weighted by molar-refractivity contribution is 5.04. The van der Waals surface area contributed by atoms with E-state index in [1.54, 1.807) is 0 Å². The Labute approximate surface area is 80.1 Å². The van der Waals surface area contributed by atoms with Crippen molar-refractivity contribution in [1.29, 1.82) is 0 Å². The van der Waals surface area contributed by atoms with Gasteiger partial charge in [0.1, 0.15) is 0 Å². The summed E-state index contributed by atoms with van der Waals surface area (Å²) in [6.45, 7) is 7.42. The highest BCUT2D eigenvalue weighted by Crippen LogP contribution is 1.98. The maximum absolute atomic E-state index is 4.27. The topological polar surface area (TPSA) is 29.9 Å². The zero-order chi connectivity index (χ0) is 9.52. The zero-order valence-corrected chi connectivity index (χ0v) is 8.58. The lowest BCUT2D eigenvalue weighted by atomic mass is 10.2. The van der Waals surface area contributed by atoms with Gasteiger partial charge in [0.05, 0.1) is 6.20 Å². The van der Waals surface area contributed by atoms with Crippen molar-refractivity contribution in [2.24, 2.45) is 0 Å². The molecule has 13 heavy (non-hydrogen) atoms. The molecule has 1 aromatic rings. The molecule has 0 aliphatic rings. The first-order valence-corrected chi connectivity index (χ1v) is 5.08. The molecule has 3 nitrogen and oxygen atoms in total. The monoisotopic (exact) mass is 181 g/mol. The Morgan fingerprint density at radius 2 is 2.31 bits per heavy atom. The summed E-state index contributed by atoms with van der Waals surface area (Å²) in [5, 5.41) is 7.57. The maximum atomic E-state index is 4.27. The van der Waals surface area contributed by atoms with Gasteiger partial charge in [0, 0.05) is 12.7 Å². The Morgan fingerprint density at radius 1 is 1.46 bits per heavy atom. The van der Waals surface area contributed by atoms with Crippen LogP contribution in [0.5, 0.6) is 0 Å². The van der Waals surface area contributed by atoms with E-state index in [9.17, 15) is 0 Å². The average Bonchev–Trinajstić information content (AvgIpc) is 2.54. The molecular weight excluding hydrogens is 162 g/mol. The molecule has 0 amide bonds. The summed E-state index contributed by atoms with van der Waals surface area (Å²) in [4.78, 5) is 0. The van der Waals surface area contributed by atoms with Crippen LogP contribution in [0.15, 0.2) is 12.4 Å². The van der Waals surface area contributed by atoms with Gasteiger partial charge >= 0.3 is 0 Å². The number of likely N-dealkylation sites (N-methyl/N-ethyl adjacent to an activating group) is 1. The number of rotatable bonds is 6. The second kappa shape index (κ2) is 5.75. The first-order valence-electron chi connectivity index (χ1n) is 5.08. The maximum Gasteiger partial charge on any atom is 0.0522 e. The molecule has 3 heteroatoms. The Morgan fingerprint density at radius 3 is 3.00 bits per heavy atom. The number of aromatic nitrogens is 2. The SMILES string of the molecule is CCCn1cc(CCNCC)cn1. The Kier molecular flexibility index (Phi) is 4.54. The molecule has 1 aromatic heterocycles. The summed E-state index contributed by atoms with van der Waals surface area (Å²) in [5.41, 5.74) is 1.33. The number of hydrogen-bond acceptors (Lipinski definition) is 2. The van der Waals surface area contributed by atoms with E-state index in [1.165, 1.54) is 5.56 Å². The van der Waals surface area contributed by atoms with Crippen molar-refractivity contribution in [1.82, 2.24) is 15.1 Å². The average molecular weight is 181 g/mol. The summed E-state index contributed by atoms with van der Waals surface area (Å²) in [5.74, 6) is 0. The number of aryl methyl sites for hydroxylation is 1. The normalized spacial score (nSPS) is 10.6. The van der Waals surface area contributed by atoms with Gasteiger partial charge in [-0.1, -0.05) is 13.8 Å². The predicted molar refractivity (Wildman–Crippen MR) is 54.8 cm³/mol. The minimum Gasteiger partial charge on any atom is -0.317 e. The summed E-state index contributed by atoms with van der Waals surface area (Å²) >= 11 is 0. The van der Waals surface area contributed by atoms with E-state index in [1.807, 2.05) is 10.9 Å². The second-order valence-corrected chi connectivity index (χ2v) is 3.22. The van der Waals surface area contributed by atoms with Gasteiger partial charge in [0.25, 0.3) is 0 Å². The fourth-order valence-corrected chi connectivity index (χ4v) is 1.30. The van der Waals surface area contributed by atoms with Crippen LogP contribution in [0.3, 0.4) is 0 Å². The molecule has 1 heterocycles. The predicted octanol–water partition coefficient (Wildman–Crippen LogP) is 1.45. The minimum absolute atomic E-state index is 1.03. The van der Waals surface area contributed by atoms with Crippen LogP contribution < -0.4 is 5.32 Å². The van der Waals surface area contributed by atoms with Crippen LogP contribution in [-0.2, 0) is 13.0 Å². The van der Waals surface area contributed by atoms with Crippen molar-refractivity contribution in [2.75, 3.05) is 13.1 Å². The third kappa shape index (κ3) is 3.59. The first-order chi connectivity index (χ1) is 6.36. The quantitative estimate of drug-likeness (QED) is 0.673. The lowest BCUT2D eigenvalue weighted by Crippen LogP contribution is -2.15. The van der Waals surface area contributed by atoms with Gasteiger partial charge in [-0.2, -0.15) is 5.10 Å². The molecule has 0 aliphatic carbocycles. The van der Waals surface area contributed by atoms with E-state index in [0.717, 1.165) is 32.5 Å². The van der Waals surface area contributed by atoms with Crippen LogP contribution >= 0.6 is 0 Å². The van der Waals surface area contributed by atoms with E-state index >= 15 is 0 Å². The molecule has 1 rings (SSSR count). The van der Waals surface area contributed by atoms with E-state index in [2.05, 4.69) is 30.5 Å². The summed E-state index contributed by atoms with van der Waals surface area (Å²) < 4.78 is 2.02. The highest BCUT2D eigenvalue weighted by atomic mass is 15.3. The van der Waals surface area contributed by atoms with Crippen LogP contribution in [0.4, 0.5) is 0 Å². The number of hydrogen-bond donors (Lipinski definition) is 1. The summed E-state index contributed by atoms with van der Waals surface area (Å²) in [6.07, 6.45) is 6.33. The van der Waals surface area contributed by atoms with Crippen molar-refractivity contribution in [2.45, 2.75) is 33.2 Å². The van der Waals surface area contributed by atoms with Crippen LogP contribution in [0, 0.1) is 0 Å². The van der Waals surface area contributed by atoms with Crippen LogP contribution in [0.25, 0.3) is 0 Å². The van der Waals surface area contributed by atoms with Crippen molar-refractivity contribution in [3.8, 4) is 0 Å². The van der Waals surface area contributed by atoms with E-state index in [0.29, 0.717) is 0 Å². The molecule has 0 saturated carbocycles. The summed E-state index contributed by atoms with van der Waals surface area (Å²) in [7, 11) is 0. The van der Waals surface area contributed by atoms with Gasteiger partial charge in [0.2, 0.25) is 0 Å². The molecule has 0 fully saturated rings. The van der Waals surface area contributed by atoms with Crippen molar-refractivity contribution in [3.05, 3.63) is 18.0 Å². The smallest absolute Gasteiger partial charge is 0.0522 e. The third-order valence-corrected chi connectivity index (χ3v) is 1.98. The lowest BCUT2D eigenvalue weighted by molar-refractivity contribution is 0.602. The van der Waals surface area contributed by atoms with Crippen LogP contribution in [-0.4, -0.2) is 22.9 Å². The minimum atomic E-state index is 1.03. The van der Waals surface area contributed by atoms with Gasteiger partial charge in [-0.25, -0.2) is 0 Å². The van der Waals surface area contributed by atoms with Gasteiger partial charge in [-0.05, 0) is 31.5 Å². The molecule has 1 N–H and O–H groups in total. The fraction of sp³-hybridized carbons (Fsp3) is 0.700. The number of nitrogens with zero attached hydrogens (tertiary/aromatic N) is 2. The molecule has 0 aliphatic heterocycles. The molecule has 0 atom stereocenters. The van der Waals surface area contributed by atoms with Gasteiger partial charge in [0.15, 0.2) is 0 Å². The van der Waals surface area contributed by atoms with Gasteiger partial charge < -0.3 is 5.32 Å². The van der Waals surface area contributed by atoms with E-state index < -0.39 is 0 Å². The molecule has 0 saturated heterocycles. The number of nitrogens with one attached hydrogen (secondary N) is 1. The van der Waals surface area contributed by atoms with Crippen LogP contribution in [0.2, 0.25) is 0 Å². The van der Waals surface area contributed by atoms with Crippen LogP contribution in [0.1, 0.15) is 25.8 Å². The van der Waals surface area contributed by atoms with E-state index in [4.69, 9.17) is 0 Å². The fourth-order valence-electron chi connectivity index (χ4n) is 1.30. The largest absolute Gasteiger partial charge is 0.317 e. The molecule has 0 radical (unpaired) electrons. The van der Waals surface area contributed by atoms with E-state index in [-0.39, 0.29) is 0 Å².